The van der Waals surface area contributed by atoms with E-state index in [1.54, 1.807) is 17.0 Å². The predicted octanol–water partition coefficient (Wildman–Crippen LogP) is 4.00. The summed E-state index contributed by atoms with van der Waals surface area (Å²) in [6.07, 6.45) is 0.573. The fourth-order valence-corrected chi connectivity index (χ4v) is 5.47. The number of benzene rings is 1. The van der Waals surface area contributed by atoms with Crippen molar-refractivity contribution >= 4 is 41.0 Å². The standard InChI is InChI=1S/C23H29ClN4O4S/c1-6-27-20(15-7-9-16(24)10-8-15)25-26-21(27)33-14-19(31)32-13-18(30)28-22(2,3)11-17(29)12-23(28,4)5/h7-10H,6,11-14H2,1-5H3. The number of esters is 1. The molecule has 2 aromatic rings. The summed E-state index contributed by atoms with van der Waals surface area (Å²) in [7, 11) is 0. The highest BCUT2D eigenvalue weighted by Crippen LogP contribution is 2.36. The SMILES string of the molecule is CCn1c(SCC(=O)OCC(=O)N2C(C)(C)CC(=O)CC2(C)C)nnc1-c1ccc(Cl)cc1. The minimum absolute atomic E-state index is 0.00268. The summed E-state index contributed by atoms with van der Waals surface area (Å²) in [5.41, 5.74) is -0.390. The molecular formula is C23H29ClN4O4S. The molecule has 0 unspecified atom stereocenters. The lowest BCUT2D eigenvalue weighted by molar-refractivity contribution is -0.162. The Labute approximate surface area is 203 Å². The topological polar surface area (TPSA) is 94.4 Å². The third-order valence-electron chi connectivity index (χ3n) is 5.53. The molecule has 178 valence electrons. The van der Waals surface area contributed by atoms with Gasteiger partial charge in [0.25, 0.3) is 5.91 Å². The zero-order valence-corrected chi connectivity index (χ0v) is 21.1. The number of ketones is 1. The molecule has 3 rings (SSSR count). The first-order valence-electron chi connectivity index (χ1n) is 10.8. The molecule has 1 fully saturated rings. The number of hydrogen-bond acceptors (Lipinski definition) is 7. The number of aromatic nitrogens is 3. The molecule has 0 atom stereocenters. The molecule has 1 aromatic carbocycles. The Bertz CT molecular complexity index is 1030. The molecule has 10 heteroatoms. The fourth-order valence-electron chi connectivity index (χ4n) is 4.55. The highest BCUT2D eigenvalue weighted by Gasteiger charge is 2.47. The van der Waals surface area contributed by atoms with Gasteiger partial charge >= 0.3 is 5.97 Å². The van der Waals surface area contributed by atoms with E-state index < -0.39 is 17.0 Å². The molecule has 0 N–H and O–H groups in total. The van der Waals surface area contributed by atoms with E-state index >= 15 is 0 Å². The lowest BCUT2D eigenvalue weighted by Gasteiger charge is -2.51. The Balaban J connectivity index is 1.59. The van der Waals surface area contributed by atoms with E-state index in [1.165, 1.54) is 11.8 Å². The number of carbonyl (C=O) groups is 3. The van der Waals surface area contributed by atoms with Crippen molar-refractivity contribution in [3.05, 3.63) is 29.3 Å². The molecule has 0 spiro atoms. The summed E-state index contributed by atoms with van der Waals surface area (Å²) < 4.78 is 7.17. The number of Topliss-reactive ketones (excluding diaryl/α,β-unsaturated/α-hetero) is 1. The summed E-state index contributed by atoms with van der Waals surface area (Å²) >= 11 is 7.17. The maximum Gasteiger partial charge on any atom is 0.316 e. The molecule has 0 saturated carbocycles. The number of rotatable bonds is 7. The van der Waals surface area contributed by atoms with Crippen LogP contribution in [0.2, 0.25) is 5.02 Å². The highest BCUT2D eigenvalue weighted by molar-refractivity contribution is 7.99. The van der Waals surface area contributed by atoms with Gasteiger partial charge in [0, 0.05) is 41.1 Å². The van der Waals surface area contributed by atoms with Gasteiger partial charge in [0.2, 0.25) is 0 Å². The molecule has 1 aromatic heterocycles. The third-order valence-corrected chi connectivity index (χ3v) is 6.72. The summed E-state index contributed by atoms with van der Waals surface area (Å²) in [6.45, 7) is 9.66. The van der Waals surface area contributed by atoms with Crippen molar-refractivity contribution in [1.82, 2.24) is 19.7 Å². The van der Waals surface area contributed by atoms with E-state index in [0.717, 1.165) is 5.56 Å². The third kappa shape index (κ3) is 5.76. The van der Waals surface area contributed by atoms with Gasteiger partial charge in [0.15, 0.2) is 17.6 Å². The van der Waals surface area contributed by atoms with Crippen LogP contribution in [0.15, 0.2) is 29.4 Å². The van der Waals surface area contributed by atoms with Crippen molar-refractivity contribution in [2.24, 2.45) is 0 Å². The second-order valence-corrected chi connectivity index (χ2v) is 10.6. The molecule has 0 aliphatic carbocycles. The van der Waals surface area contributed by atoms with E-state index in [9.17, 15) is 14.4 Å². The molecule has 1 aliphatic rings. The largest absolute Gasteiger partial charge is 0.455 e. The number of piperidine rings is 1. The van der Waals surface area contributed by atoms with Crippen LogP contribution in [0.25, 0.3) is 11.4 Å². The van der Waals surface area contributed by atoms with Crippen LogP contribution in [0, 0.1) is 0 Å². The van der Waals surface area contributed by atoms with Crippen molar-refractivity contribution in [2.75, 3.05) is 12.4 Å². The van der Waals surface area contributed by atoms with E-state index in [4.69, 9.17) is 16.3 Å². The van der Waals surface area contributed by atoms with Crippen LogP contribution in [0.1, 0.15) is 47.5 Å². The summed E-state index contributed by atoms with van der Waals surface area (Å²) in [6, 6.07) is 7.30. The molecule has 1 amide bonds. The van der Waals surface area contributed by atoms with Crippen molar-refractivity contribution < 1.29 is 19.1 Å². The first-order valence-corrected chi connectivity index (χ1v) is 12.1. The van der Waals surface area contributed by atoms with Gasteiger partial charge in [-0.3, -0.25) is 14.4 Å². The number of likely N-dealkylation sites (tertiary alicyclic amines) is 1. The summed E-state index contributed by atoms with van der Waals surface area (Å²) in [5.74, 6) is -0.0183. The van der Waals surface area contributed by atoms with Crippen LogP contribution in [-0.4, -0.2) is 60.8 Å². The number of hydrogen-bond donors (Lipinski definition) is 0. The van der Waals surface area contributed by atoms with Crippen LogP contribution >= 0.6 is 23.4 Å². The zero-order valence-electron chi connectivity index (χ0n) is 19.6. The average Bonchev–Trinajstić information content (AvgIpc) is 3.12. The van der Waals surface area contributed by atoms with Gasteiger partial charge in [-0.05, 0) is 58.9 Å². The number of carbonyl (C=O) groups excluding carboxylic acids is 3. The predicted molar refractivity (Wildman–Crippen MR) is 127 cm³/mol. The number of amides is 1. The first kappa shape index (κ1) is 25.2. The van der Waals surface area contributed by atoms with E-state index in [2.05, 4.69) is 10.2 Å². The zero-order chi connectivity index (χ0) is 24.4. The van der Waals surface area contributed by atoms with E-state index in [1.807, 2.05) is 51.3 Å². The van der Waals surface area contributed by atoms with E-state index in [0.29, 0.717) is 22.5 Å². The Kier molecular flexibility index (Phi) is 7.53. The minimum atomic E-state index is -0.632. The maximum absolute atomic E-state index is 12.9. The lowest BCUT2D eigenvalue weighted by Crippen LogP contribution is -2.63. The Morgan fingerprint density at radius 1 is 1.09 bits per heavy atom. The van der Waals surface area contributed by atoms with Gasteiger partial charge < -0.3 is 14.2 Å². The molecule has 1 saturated heterocycles. The van der Waals surface area contributed by atoms with Crippen LogP contribution in [0.4, 0.5) is 0 Å². The van der Waals surface area contributed by atoms with Crippen molar-refractivity contribution in [2.45, 2.75) is 70.2 Å². The first-order chi connectivity index (χ1) is 15.4. The van der Waals surface area contributed by atoms with Crippen LogP contribution in [-0.2, 0) is 25.7 Å². The Morgan fingerprint density at radius 2 is 1.70 bits per heavy atom. The maximum atomic E-state index is 12.9. The highest BCUT2D eigenvalue weighted by atomic mass is 35.5. The quantitative estimate of drug-likeness (QED) is 0.425. The number of thioether (sulfide) groups is 1. The average molecular weight is 493 g/mol. The minimum Gasteiger partial charge on any atom is -0.455 e. The molecule has 0 bridgehead atoms. The van der Waals surface area contributed by atoms with Crippen molar-refractivity contribution in [1.29, 1.82) is 0 Å². The summed E-state index contributed by atoms with van der Waals surface area (Å²) in [4.78, 5) is 39.0. The van der Waals surface area contributed by atoms with Gasteiger partial charge in [-0.2, -0.15) is 0 Å². The molecular weight excluding hydrogens is 464 g/mol. The Morgan fingerprint density at radius 3 is 2.27 bits per heavy atom. The number of halogens is 1. The van der Waals surface area contributed by atoms with Crippen LogP contribution < -0.4 is 0 Å². The monoisotopic (exact) mass is 492 g/mol. The van der Waals surface area contributed by atoms with Crippen molar-refractivity contribution in [3.8, 4) is 11.4 Å². The Hall–Kier alpha value is -2.39. The van der Waals surface area contributed by atoms with Gasteiger partial charge in [0.05, 0.1) is 5.75 Å². The second-order valence-electron chi connectivity index (χ2n) is 9.25. The fraction of sp³-hybridized carbons (Fsp3) is 0.522. The normalized spacial score (nSPS) is 17.2. The molecule has 2 heterocycles. The van der Waals surface area contributed by atoms with Gasteiger partial charge in [0.1, 0.15) is 5.78 Å². The molecule has 33 heavy (non-hydrogen) atoms. The van der Waals surface area contributed by atoms with E-state index in [-0.39, 0.29) is 36.9 Å². The smallest absolute Gasteiger partial charge is 0.316 e. The number of nitrogens with zero attached hydrogens (tertiary/aromatic N) is 4. The van der Waals surface area contributed by atoms with Gasteiger partial charge in [-0.1, -0.05) is 23.4 Å². The van der Waals surface area contributed by atoms with Gasteiger partial charge in [-0.15, -0.1) is 10.2 Å². The lowest BCUT2D eigenvalue weighted by atomic mass is 9.79. The number of ether oxygens (including phenoxy) is 1. The van der Waals surface area contributed by atoms with Crippen molar-refractivity contribution in [3.63, 3.8) is 0 Å². The second kappa shape index (κ2) is 9.85. The molecule has 8 nitrogen and oxygen atoms in total. The molecule has 1 aliphatic heterocycles. The summed E-state index contributed by atoms with van der Waals surface area (Å²) in [5, 5.41) is 9.67. The molecule has 0 radical (unpaired) electrons. The van der Waals surface area contributed by atoms with Crippen LogP contribution in [0.3, 0.4) is 0 Å². The van der Waals surface area contributed by atoms with Gasteiger partial charge in [-0.25, -0.2) is 0 Å². The van der Waals surface area contributed by atoms with Crippen LogP contribution in [0.5, 0.6) is 0 Å².